The van der Waals surface area contributed by atoms with Crippen LogP contribution in [-0.2, 0) is 4.79 Å². The van der Waals surface area contributed by atoms with E-state index in [-0.39, 0.29) is 5.91 Å². The molecule has 0 radical (unpaired) electrons. The van der Waals surface area contributed by atoms with E-state index in [0.717, 1.165) is 25.9 Å². The van der Waals surface area contributed by atoms with E-state index in [1.807, 2.05) is 25.1 Å². The molecule has 0 saturated heterocycles. The lowest BCUT2D eigenvalue weighted by Gasteiger charge is -2.27. The number of methoxy groups -OCH3 is 1. The van der Waals surface area contributed by atoms with Gasteiger partial charge in [-0.25, -0.2) is 0 Å². The van der Waals surface area contributed by atoms with Gasteiger partial charge in [-0.2, -0.15) is 0 Å². The lowest BCUT2D eigenvalue weighted by atomic mass is 10.1. The summed E-state index contributed by atoms with van der Waals surface area (Å²) in [6, 6.07) is 5.48. The molecule has 1 unspecified atom stereocenters. The van der Waals surface area contributed by atoms with Crippen LogP contribution in [-0.4, -0.2) is 50.4 Å². The zero-order valence-electron chi connectivity index (χ0n) is 19.0. The van der Waals surface area contributed by atoms with E-state index in [1.165, 1.54) is 19.3 Å². The summed E-state index contributed by atoms with van der Waals surface area (Å²) in [7, 11) is 1.61. The zero-order chi connectivity index (χ0) is 21.5. The molecule has 0 saturated carbocycles. The Balaban J connectivity index is 2.76. The molecule has 0 aromatic heterocycles. The molecule has 1 amide bonds. The van der Waals surface area contributed by atoms with Gasteiger partial charge in [0, 0.05) is 12.5 Å². The maximum atomic E-state index is 12.5. The summed E-state index contributed by atoms with van der Waals surface area (Å²) in [5.74, 6) is 1.98. The van der Waals surface area contributed by atoms with Crippen LogP contribution < -0.4 is 19.5 Å². The second-order valence-electron chi connectivity index (χ2n) is 7.07. The first-order valence-electron chi connectivity index (χ1n) is 11.1. The highest BCUT2D eigenvalue weighted by molar-refractivity contribution is 5.76. The summed E-state index contributed by atoms with van der Waals surface area (Å²) in [4.78, 5) is 14.7. The molecular formula is C23H40N2O4. The summed E-state index contributed by atoms with van der Waals surface area (Å²) >= 11 is 0. The molecule has 1 aromatic rings. The van der Waals surface area contributed by atoms with Crippen molar-refractivity contribution in [3.63, 3.8) is 0 Å². The van der Waals surface area contributed by atoms with Gasteiger partial charge >= 0.3 is 0 Å². The molecule has 1 N–H and O–H groups in total. The maximum Gasteiger partial charge on any atom is 0.222 e. The first-order valence-corrected chi connectivity index (χ1v) is 11.1. The highest BCUT2D eigenvalue weighted by Crippen LogP contribution is 2.31. The molecular weight excluding hydrogens is 368 g/mol. The third-order valence-electron chi connectivity index (χ3n) is 4.86. The summed E-state index contributed by atoms with van der Waals surface area (Å²) in [5, 5.41) is 3.06. The van der Waals surface area contributed by atoms with Gasteiger partial charge in [0.1, 0.15) is 5.75 Å². The molecule has 0 aliphatic heterocycles. The van der Waals surface area contributed by atoms with Crippen LogP contribution in [0.5, 0.6) is 17.2 Å². The van der Waals surface area contributed by atoms with Crippen LogP contribution >= 0.6 is 0 Å². The second-order valence-corrected chi connectivity index (χ2v) is 7.07. The topological polar surface area (TPSA) is 60.0 Å². The number of hydrogen-bond acceptors (Lipinski definition) is 5. The van der Waals surface area contributed by atoms with Crippen molar-refractivity contribution in [1.29, 1.82) is 0 Å². The summed E-state index contributed by atoms with van der Waals surface area (Å²) in [5.41, 5.74) is 0. The minimum Gasteiger partial charge on any atom is -0.493 e. The van der Waals surface area contributed by atoms with E-state index in [4.69, 9.17) is 14.2 Å². The first-order chi connectivity index (χ1) is 14.1. The average Bonchev–Trinajstić information content (AvgIpc) is 2.72. The number of amides is 1. The Labute approximate surface area is 176 Å². The number of likely N-dealkylation sites (N-methyl/N-ethyl adjacent to an activating group) is 1. The Morgan fingerprint density at radius 3 is 2.38 bits per heavy atom. The molecule has 0 heterocycles. The lowest BCUT2D eigenvalue weighted by Crippen LogP contribution is -2.47. The van der Waals surface area contributed by atoms with E-state index in [0.29, 0.717) is 36.8 Å². The van der Waals surface area contributed by atoms with Crippen molar-refractivity contribution in [2.24, 2.45) is 0 Å². The SMILES string of the molecule is CCCCCCCC(=O)NC(CN(CC)CC)Oc1ccc(OC)c(OCC)c1. The van der Waals surface area contributed by atoms with Gasteiger partial charge in [-0.1, -0.05) is 46.5 Å². The van der Waals surface area contributed by atoms with Gasteiger partial charge in [-0.05, 0) is 38.6 Å². The van der Waals surface area contributed by atoms with Gasteiger partial charge in [0.15, 0.2) is 17.7 Å². The maximum absolute atomic E-state index is 12.5. The van der Waals surface area contributed by atoms with Gasteiger partial charge in [0.05, 0.1) is 20.3 Å². The predicted molar refractivity (Wildman–Crippen MR) is 118 cm³/mol. The van der Waals surface area contributed by atoms with Crippen molar-refractivity contribution >= 4 is 5.91 Å². The fraction of sp³-hybridized carbons (Fsp3) is 0.696. The Morgan fingerprint density at radius 1 is 1.03 bits per heavy atom. The summed E-state index contributed by atoms with van der Waals surface area (Å²) < 4.78 is 17.1. The smallest absolute Gasteiger partial charge is 0.222 e. The molecule has 166 valence electrons. The molecule has 0 bridgehead atoms. The van der Waals surface area contributed by atoms with Crippen molar-refractivity contribution < 1.29 is 19.0 Å². The first kappa shape index (κ1) is 25.1. The molecule has 1 rings (SSSR count). The molecule has 6 nitrogen and oxygen atoms in total. The van der Waals surface area contributed by atoms with Crippen LogP contribution in [0, 0.1) is 0 Å². The zero-order valence-corrected chi connectivity index (χ0v) is 19.0. The van der Waals surface area contributed by atoms with E-state index in [1.54, 1.807) is 7.11 Å². The number of unbranched alkanes of at least 4 members (excludes halogenated alkanes) is 4. The third-order valence-corrected chi connectivity index (χ3v) is 4.86. The van der Waals surface area contributed by atoms with Crippen LogP contribution in [0.15, 0.2) is 18.2 Å². The van der Waals surface area contributed by atoms with Crippen LogP contribution in [0.2, 0.25) is 0 Å². The third kappa shape index (κ3) is 9.88. The molecule has 1 aromatic carbocycles. The Kier molecular flexibility index (Phi) is 12.9. The van der Waals surface area contributed by atoms with Gasteiger partial charge in [-0.15, -0.1) is 0 Å². The molecule has 0 aliphatic rings. The molecule has 1 atom stereocenters. The van der Waals surface area contributed by atoms with Gasteiger partial charge in [0.2, 0.25) is 5.91 Å². The highest BCUT2D eigenvalue weighted by Gasteiger charge is 2.18. The minimum absolute atomic E-state index is 0.0391. The van der Waals surface area contributed by atoms with Gasteiger partial charge in [0.25, 0.3) is 0 Å². The Bertz CT molecular complexity index is 576. The Hall–Kier alpha value is -1.95. The monoisotopic (exact) mass is 408 g/mol. The number of rotatable bonds is 16. The normalized spacial score (nSPS) is 11.9. The largest absolute Gasteiger partial charge is 0.493 e. The number of ether oxygens (including phenoxy) is 3. The van der Waals surface area contributed by atoms with Crippen LogP contribution in [0.3, 0.4) is 0 Å². The molecule has 29 heavy (non-hydrogen) atoms. The lowest BCUT2D eigenvalue weighted by molar-refractivity contribution is -0.124. The van der Waals surface area contributed by atoms with E-state index in [2.05, 4.69) is 31.0 Å². The number of carbonyl (C=O) groups excluding carboxylic acids is 1. The fourth-order valence-corrected chi connectivity index (χ4v) is 3.13. The minimum atomic E-state index is -0.416. The van der Waals surface area contributed by atoms with Crippen LogP contribution in [0.1, 0.15) is 66.2 Å². The fourth-order valence-electron chi connectivity index (χ4n) is 3.13. The van der Waals surface area contributed by atoms with Gasteiger partial charge < -0.3 is 19.5 Å². The quantitative estimate of drug-likeness (QED) is 0.319. The number of benzene rings is 1. The van der Waals surface area contributed by atoms with Gasteiger partial charge in [-0.3, -0.25) is 9.69 Å². The van der Waals surface area contributed by atoms with Crippen molar-refractivity contribution in [2.75, 3.05) is 33.4 Å². The predicted octanol–water partition coefficient (Wildman–Crippen LogP) is 4.62. The number of hydrogen-bond donors (Lipinski definition) is 1. The number of carbonyl (C=O) groups is 1. The standard InChI is InChI=1S/C23H40N2O4/c1-6-10-11-12-13-14-22(26)24-23(18-25(7-2)8-3)29-19-15-16-20(27-5)21(17-19)28-9-4/h15-17,23H,6-14,18H2,1-5H3,(H,24,26). The van der Waals surface area contributed by atoms with Crippen molar-refractivity contribution in [3.05, 3.63) is 18.2 Å². The summed E-state index contributed by atoms with van der Waals surface area (Å²) in [6.45, 7) is 11.3. The molecule has 0 spiro atoms. The number of nitrogens with zero attached hydrogens (tertiary/aromatic N) is 1. The van der Waals surface area contributed by atoms with E-state index >= 15 is 0 Å². The summed E-state index contributed by atoms with van der Waals surface area (Å²) in [6.07, 6.45) is 5.76. The van der Waals surface area contributed by atoms with Crippen LogP contribution in [0.4, 0.5) is 0 Å². The number of nitrogens with one attached hydrogen (secondary N) is 1. The molecule has 6 heteroatoms. The van der Waals surface area contributed by atoms with Crippen molar-refractivity contribution in [2.45, 2.75) is 72.4 Å². The highest BCUT2D eigenvalue weighted by atomic mass is 16.5. The average molecular weight is 409 g/mol. The molecule has 0 aliphatic carbocycles. The van der Waals surface area contributed by atoms with Crippen molar-refractivity contribution in [3.8, 4) is 17.2 Å². The van der Waals surface area contributed by atoms with E-state index in [9.17, 15) is 4.79 Å². The Morgan fingerprint density at radius 2 is 1.76 bits per heavy atom. The van der Waals surface area contributed by atoms with Crippen molar-refractivity contribution in [1.82, 2.24) is 10.2 Å². The molecule has 0 fully saturated rings. The van der Waals surface area contributed by atoms with E-state index < -0.39 is 6.23 Å². The second kappa shape index (κ2) is 15.0. The van der Waals surface area contributed by atoms with Crippen LogP contribution in [0.25, 0.3) is 0 Å².